The van der Waals surface area contributed by atoms with Gasteiger partial charge in [-0.1, -0.05) is 36.4 Å². The van der Waals surface area contributed by atoms with Crippen LogP contribution in [-0.4, -0.2) is 32.1 Å². The molecule has 3 heteroatoms. The number of ether oxygens (including phenoxy) is 1. The van der Waals surface area contributed by atoms with E-state index in [1.54, 1.807) is 0 Å². The highest BCUT2D eigenvalue weighted by atomic mass is 16.5. The third-order valence-electron chi connectivity index (χ3n) is 3.40. The molecule has 2 rings (SSSR count). The second-order valence-electron chi connectivity index (χ2n) is 5.50. The van der Waals surface area contributed by atoms with Crippen molar-refractivity contribution in [2.75, 3.05) is 27.2 Å². The number of hydrogen-bond donors (Lipinski definition) is 1. The molecule has 0 saturated carbocycles. The molecular formula is C17H24N2O. The Labute approximate surface area is 121 Å². The summed E-state index contributed by atoms with van der Waals surface area (Å²) in [7, 11) is 4.15. The number of fused-ring (bicyclic) bond motifs is 1. The average Bonchev–Trinajstić information content (AvgIpc) is 2.42. The zero-order valence-corrected chi connectivity index (χ0v) is 12.6. The molecule has 0 heterocycles. The number of nitrogens with zero attached hydrogens (tertiary/aromatic N) is 1. The summed E-state index contributed by atoms with van der Waals surface area (Å²) in [6, 6.07) is 12.5. The lowest BCUT2D eigenvalue weighted by atomic mass is 10.0. The molecule has 2 aromatic carbocycles. The van der Waals surface area contributed by atoms with E-state index in [9.17, 15) is 0 Å². The van der Waals surface area contributed by atoms with Gasteiger partial charge in [-0.2, -0.15) is 0 Å². The van der Waals surface area contributed by atoms with E-state index in [0.29, 0.717) is 6.61 Å². The van der Waals surface area contributed by atoms with Gasteiger partial charge in [-0.25, -0.2) is 0 Å². The van der Waals surface area contributed by atoms with Crippen molar-refractivity contribution < 1.29 is 4.74 Å². The number of rotatable bonds is 6. The van der Waals surface area contributed by atoms with Crippen LogP contribution in [0.1, 0.15) is 24.9 Å². The minimum Gasteiger partial charge on any atom is -0.493 e. The van der Waals surface area contributed by atoms with Crippen LogP contribution in [0.5, 0.6) is 5.75 Å². The largest absolute Gasteiger partial charge is 0.493 e. The van der Waals surface area contributed by atoms with Gasteiger partial charge in [0.1, 0.15) is 5.75 Å². The summed E-state index contributed by atoms with van der Waals surface area (Å²) in [6.45, 7) is 3.74. The van der Waals surface area contributed by atoms with Gasteiger partial charge in [0, 0.05) is 23.5 Å². The normalized spacial score (nSPS) is 12.8. The van der Waals surface area contributed by atoms with Gasteiger partial charge in [0.15, 0.2) is 0 Å². The van der Waals surface area contributed by atoms with Gasteiger partial charge in [-0.3, -0.25) is 0 Å². The highest BCUT2D eigenvalue weighted by molar-refractivity contribution is 5.89. The number of hydrogen-bond acceptors (Lipinski definition) is 3. The first-order valence-electron chi connectivity index (χ1n) is 7.14. The van der Waals surface area contributed by atoms with E-state index in [4.69, 9.17) is 10.5 Å². The van der Waals surface area contributed by atoms with E-state index in [0.717, 1.165) is 29.7 Å². The van der Waals surface area contributed by atoms with Crippen LogP contribution in [-0.2, 0) is 0 Å². The van der Waals surface area contributed by atoms with E-state index >= 15 is 0 Å². The smallest absolute Gasteiger partial charge is 0.131 e. The second kappa shape index (κ2) is 6.73. The zero-order valence-electron chi connectivity index (χ0n) is 12.6. The van der Waals surface area contributed by atoms with Crippen LogP contribution in [0, 0.1) is 0 Å². The third-order valence-corrected chi connectivity index (χ3v) is 3.40. The first-order valence-corrected chi connectivity index (χ1v) is 7.14. The Morgan fingerprint density at radius 2 is 1.90 bits per heavy atom. The van der Waals surface area contributed by atoms with Gasteiger partial charge < -0.3 is 15.4 Å². The molecule has 0 amide bonds. The Morgan fingerprint density at radius 1 is 1.15 bits per heavy atom. The average molecular weight is 272 g/mol. The lowest BCUT2D eigenvalue weighted by Crippen LogP contribution is -2.16. The summed E-state index contributed by atoms with van der Waals surface area (Å²) in [5, 5.41) is 2.34. The predicted molar refractivity (Wildman–Crippen MR) is 85.2 cm³/mol. The molecule has 0 aliphatic carbocycles. The van der Waals surface area contributed by atoms with Crippen LogP contribution in [0.3, 0.4) is 0 Å². The Morgan fingerprint density at radius 3 is 2.60 bits per heavy atom. The standard InChI is InChI=1S/C17H24N2O/c1-13(18)15-10-9-14-7-4-5-8-16(14)17(15)20-12-6-11-19(2)3/h4-5,7-10,13H,6,11-12,18H2,1-3H3. The second-order valence-corrected chi connectivity index (χ2v) is 5.50. The van der Waals surface area contributed by atoms with E-state index < -0.39 is 0 Å². The van der Waals surface area contributed by atoms with E-state index in [1.807, 2.05) is 19.1 Å². The molecule has 108 valence electrons. The van der Waals surface area contributed by atoms with Crippen LogP contribution in [0.2, 0.25) is 0 Å². The van der Waals surface area contributed by atoms with Gasteiger partial charge in [-0.05, 0) is 32.8 Å². The summed E-state index contributed by atoms with van der Waals surface area (Å²) >= 11 is 0. The first-order chi connectivity index (χ1) is 9.59. The van der Waals surface area contributed by atoms with Crippen LogP contribution in [0.15, 0.2) is 36.4 Å². The van der Waals surface area contributed by atoms with Crippen LogP contribution in [0.25, 0.3) is 10.8 Å². The van der Waals surface area contributed by atoms with E-state index in [1.165, 1.54) is 5.39 Å². The maximum Gasteiger partial charge on any atom is 0.131 e. The van der Waals surface area contributed by atoms with Crippen LogP contribution < -0.4 is 10.5 Å². The molecule has 3 nitrogen and oxygen atoms in total. The van der Waals surface area contributed by atoms with E-state index in [-0.39, 0.29) is 6.04 Å². The summed E-state index contributed by atoms with van der Waals surface area (Å²) in [6.07, 6.45) is 1.01. The van der Waals surface area contributed by atoms with Gasteiger partial charge >= 0.3 is 0 Å². The number of nitrogens with two attached hydrogens (primary N) is 1. The van der Waals surface area contributed by atoms with Gasteiger partial charge in [0.2, 0.25) is 0 Å². The van der Waals surface area contributed by atoms with Gasteiger partial charge in [0.05, 0.1) is 6.61 Å². The molecule has 0 aromatic heterocycles. The highest BCUT2D eigenvalue weighted by Gasteiger charge is 2.12. The fraction of sp³-hybridized carbons (Fsp3) is 0.412. The summed E-state index contributed by atoms with van der Waals surface area (Å²) in [5.41, 5.74) is 7.15. The lowest BCUT2D eigenvalue weighted by Gasteiger charge is -2.17. The maximum absolute atomic E-state index is 6.07. The molecule has 2 aromatic rings. The maximum atomic E-state index is 6.07. The van der Waals surface area contributed by atoms with Crippen molar-refractivity contribution in [1.29, 1.82) is 0 Å². The third kappa shape index (κ3) is 3.50. The van der Waals surface area contributed by atoms with Crippen molar-refractivity contribution in [3.63, 3.8) is 0 Å². The first kappa shape index (κ1) is 14.8. The Bertz CT molecular complexity index is 564. The molecule has 0 bridgehead atoms. The summed E-state index contributed by atoms with van der Waals surface area (Å²) in [4.78, 5) is 2.17. The topological polar surface area (TPSA) is 38.5 Å². The molecule has 0 aliphatic rings. The summed E-state index contributed by atoms with van der Waals surface area (Å²) < 4.78 is 6.06. The molecule has 2 N–H and O–H groups in total. The molecule has 1 unspecified atom stereocenters. The van der Waals surface area contributed by atoms with Crippen molar-refractivity contribution in [3.8, 4) is 5.75 Å². The van der Waals surface area contributed by atoms with Gasteiger partial charge in [-0.15, -0.1) is 0 Å². The minimum absolute atomic E-state index is 0.0246. The number of benzene rings is 2. The van der Waals surface area contributed by atoms with Crippen molar-refractivity contribution in [1.82, 2.24) is 4.90 Å². The molecule has 20 heavy (non-hydrogen) atoms. The fourth-order valence-corrected chi connectivity index (χ4v) is 2.33. The molecule has 0 spiro atoms. The highest BCUT2D eigenvalue weighted by Crippen LogP contribution is 2.32. The van der Waals surface area contributed by atoms with Crippen molar-refractivity contribution in [2.24, 2.45) is 5.73 Å². The van der Waals surface area contributed by atoms with Crippen LogP contribution in [0.4, 0.5) is 0 Å². The summed E-state index contributed by atoms with van der Waals surface area (Å²) in [5.74, 6) is 0.942. The molecule has 0 aliphatic heterocycles. The SMILES string of the molecule is CC(N)c1ccc2ccccc2c1OCCCN(C)C. The quantitative estimate of drug-likeness (QED) is 0.821. The predicted octanol–water partition coefficient (Wildman–Crippen LogP) is 3.19. The molecular weight excluding hydrogens is 248 g/mol. The lowest BCUT2D eigenvalue weighted by molar-refractivity contribution is 0.281. The molecule has 0 fully saturated rings. The monoisotopic (exact) mass is 272 g/mol. The van der Waals surface area contributed by atoms with Crippen LogP contribution >= 0.6 is 0 Å². The Balaban J connectivity index is 2.25. The van der Waals surface area contributed by atoms with Gasteiger partial charge in [0.25, 0.3) is 0 Å². The fourth-order valence-electron chi connectivity index (χ4n) is 2.33. The molecule has 1 atom stereocenters. The van der Waals surface area contributed by atoms with Crippen molar-refractivity contribution in [3.05, 3.63) is 42.0 Å². The molecule has 0 saturated heterocycles. The molecule has 0 radical (unpaired) electrons. The Kier molecular flexibility index (Phi) is 4.99. The zero-order chi connectivity index (χ0) is 14.5. The minimum atomic E-state index is -0.0246. The Hall–Kier alpha value is -1.58. The van der Waals surface area contributed by atoms with Crippen molar-refractivity contribution >= 4 is 10.8 Å². The van der Waals surface area contributed by atoms with E-state index in [2.05, 4.69) is 43.3 Å². The van der Waals surface area contributed by atoms with Crippen molar-refractivity contribution in [2.45, 2.75) is 19.4 Å².